The van der Waals surface area contributed by atoms with Crippen molar-refractivity contribution in [2.24, 2.45) is 0 Å². The van der Waals surface area contributed by atoms with E-state index >= 15 is 0 Å². The van der Waals surface area contributed by atoms with Crippen molar-refractivity contribution in [3.8, 4) is 0 Å². The number of esters is 3. The third-order valence-corrected chi connectivity index (χ3v) is 0.881. The van der Waals surface area contributed by atoms with Crippen molar-refractivity contribution in [1.29, 1.82) is 0 Å². The van der Waals surface area contributed by atoms with Gasteiger partial charge >= 0.3 is 17.9 Å². The van der Waals surface area contributed by atoms with Gasteiger partial charge in [0.15, 0.2) is 0 Å². The van der Waals surface area contributed by atoms with Crippen LogP contribution in [0.2, 0.25) is 0 Å². The van der Waals surface area contributed by atoms with E-state index in [-0.39, 0.29) is 6.61 Å². The lowest BCUT2D eigenvalue weighted by Crippen LogP contribution is -2.06. The Morgan fingerprint density at radius 2 is 1.77 bits per heavy atom. The molecular formula is C8H10O5. The lowest BCUT2D eigenvalue weighted by Gasteiger charge is -1.94. The highest BCUT2D eigenvalue weighted by Gasteiger charge is 1.99. The Morgan fingerprint density at radius 1 is 1.15 bits per heavy atom. The van der Waals surface area contributed by atoms with Gasteiger partial charge in [-0.25, -0.2) is 4.79 Å². The van der Waals surface area contributed by atoms with Crippen molar-refractivity contribution in [1.82, 2.24) is 0 Å². The Kier molecular flexibility index (Phi) is 5.18. The topological polar surface area (TPSA) is 69.7 Å². The van der Waals surface area contributed by atoms with Gasteiger partial charge in [-0.2, -0.15) is 0 Å². The molecule has 0 N–H and O–H groups in total. The summed E-state index contributed by atoms with van der Waals surface area (Å²) in [6.45, 7) is 2.36. The first-order chi connectivity index (χ1) is 6.02. The molecule has 0 aromatic heterocycles. The van der Waals surface area contributed by atoms with Crippen LogP contribution in [-0.4, -0.2) is 24.5 Å². The van der Waals surface area contributed by atoms with Crippen LogP contribution in [0.25, 0.3) is 0 Å². The van der Waals surface area contributed by atoms with Gasteiger partial charge < -0.3 is 9.47 Å². The maximum absolute atomic E-state index is 10.6. The van der Waals surface area contributed by atoms with Gasteiger partial charge in [0.05, 0.1) is 0 Å². The maximum atomic E-state index is 10.6. The Hall–Kier alpha value is -1.65. The summed E-state index contributed by atoms with van der Waals surface area (Å²) in [7, 11) is 0. The highest BCUT2D eigenvalue weighted by Crippen LogP contribution is 1.84. The summed E-state index contributed by atoms with van der Waals surface area (Å²) >= 11 is 0. The fourth-order valence-electron chi connectivity index (χ4n) is 0.485. The Bertz CT molecular complexity index is 241. The minimum Gasteiger partial charge on any atom is -0.462 e. The summed E-state index contributed by atoms with van der Waals surface area (Å²) in [5, 5.41) is 0. The lowest BCUT2D eigenvalue weighted by atomic mass is 10.5. The normalized spacial score (nSPS) is 9.69. The van der Waals surface area contributed by atoms with E-state index in [4.69, 9.17) is 0 Å². The van der Waals surface area contributed by atoms with Crippen molar-refractivity contribution in [2.75, 3.05) is 6.61 Å². The van der Waals surface area contributed by atoms with E-state index in [1.54, 1.807) is 0 Å². The molecule has 13 heavy (non-hydrogen) atoms. The smallest absolute Gasteiger partial charge is 0.338 e. The summed E-state index contributed by atoms with van der Waals surface area (Å²) in [6, 6.07) is 0. The number of ether oxygens (including phenoxy) is 2. The molecule has 0 aromatic rings. The number of rotatable bonds is 3. The molecule has 5 nitrogen and oxygen atoms in total. The average molecular weight is 186 g/mol. The van der Waals surface area contributed by atoms with Crippen molar-refractivity contribution in [3.63, 3.8) is 0 Å². The number of hydrogen-bond donors (Lipinski definition) is 0. The van der Waals surface area contributed by atoms with Gasteiger partial charge in [-0.1, -0.05) is 0 Å². The molecule has 0 bridgehead atoms. The largest absolute Gasteiger partial charge is 0.462 e. The highest BCUT2D eigenvalue weighted by molar-refractivity contribution is 5.91. The van der Waals surface area contributed by atoms with Crippen LogP contribution < -0.4 is 0 Å². The van der Waals surface area contributed by atoms with Crippen molar-refractivity contribution >= 4 is 17.9 Å². The van der Waals surface area contributed by atoms with E-state index in [2.05, 4.69) is 9.47 Å². The number of carbonyl (C=O) groups excluding carboxylic acids is 3. The first kappa shape index (κ1) is 11.4. The Balaban J connectivity index is 3.66. The van der Waals surface area contributed by atoms with Crippen LogP contribution in [0.5, 0.6) is 0 Å². The molecule has 0 aromatic carbocycles. The molecule has 0 amide bonds. The third kappa shape index (κ3) is 8.25. The maximum Gasteiger partial charge on any atom is 0.338 e. The van der Waals surface area contributed by atoms with E-state index in [0.717, 1.165) is 13.0 Å². The first-order valence-electron chi connectivity index (χ1n) is 3.54. The van der Waals surface area contributed by atoms with Crippen LogP contribution in [-0.2, 0) is 23.9 Å². The molecule has 0 radical (unpaired) electrons. The second kappa shape index (κ2) is 5.93. The number of hydrogen-bond acceptors (Lipinski definition) is 5. The summed E-state index contributed by atoms with van der Waals surface area (Å²) in [5.74, 6) is -1.90. The Morgan fingerprint density at radius 3 is 2.23 bits per heavy atom. The van der Waals surface area contributed by atoms with Gasteiger partial charge in [0.2, 0.25) is 0 Å². The molecular weight excluding hydrogens is 176 g/mol. The van der Waals surface area contributed by atoms with Crippen molar-refractivity contribution in [2.45, 2.75) is 13.8 Å². The van der Waals surface area contributed by atoms with Gasteiger partial charge in [0, 0.05) is 19.9 Å². The monoisotopic (exact) mass is 186 g/mol. The minimum absolute atomic E-state index is 0.0116. The molecule has 0 saturated carbocycles. The van der Waals surface area contributed by atoms with Crippen LogP contribution >= 0.6 is 0 Å². The molecule has 0 aliphatic rings. The molecule has 0 aliphatic heterocycles. The standard InChI is InChI=1S/C8H10O5/c1-6(9)12-5-3-4-8(11)13-7(2)10/h3-4H,5H2,1-2H3/b4-3+. The van der Waals surface area contributed by atoms with Gasteiger partial charge in [0.25, 0.3) is 0 Å². The first-order valence-corrected chi connectivity index (χ1v) is 3.54. The van der Waals surface area contributed by atoms with E-state index in [9.17, 15) is 14.4 Å². The summed E-state index contributed by atoms with van der Waals surface area (Å²) in [5.41, 5.74) is 0. The molecule has 0 saturated heterocycles. The van der Waals surface area contributed by atoms with Crippen LogP contribution in [0, 0.1) is 0 Å². The van der Waals surface area contributed by atoms with Crippen LogP contribution in [0.3, 0.4) is 0 Å². The zero-order valence-electron chi connectivity index (χ0n) is 7.40. The molecule has 0 atom stereocenters. The lowest BCUT2D eigenvalue weighted by molar-refractivity contribution is -0.154. The minimum atomic E-state index is -0.778. The van der Waals surface area contributed by atoms with E-state index < -0.39 is 17.9 Å². The SMILES string of the molecule is CC(=O)OC/C=C/C(=O)OC(C)=O. The average Bonchev–Trinajstić information content (AvgIpc) is 1.96. The van der Waals surface area contributed by atoms with Gasteiger partial charge in [-0.05, 0) is 6.08 Å². The zero-order chi connectivity index (χ0) is 10.3. The van der Waals surface area contributed by atoms with E-state index in [1.165, 1.54) is 13.0 Å². The third-order valence-electron chi connectivity index (χ3n) is 0.881. The highest BCUT2D eigenvalue weighted by atomic mass is 16.6. The fraction of sp³-hybridized carbons (Fsp3) is 0.375. The molecule has 0 fully saturated rings. The summed E-state index contributed by atoms with van der Waals surface area (Å²) < 4.78 is 8.63. The van der Waals surface area contributed by atoms with E-state index in [0.29, 0.717) is 0 Å². The van der Waals surface area contributed by atoms with Gasteiger partial charge in [-0.3, -0.25) is 9.59 Å². The molecule has 0 spiro atoms. The molecule has 5 heteroatoms. The predicted molar refractivity (Wildman–Crippen MR) is 42.5 cm³/mol. The molecule has 72 valence electrons. The van der Waals surface area contributed by atoms with Gasteiger partial charge in [-0.15, -0.1) is 0 Å². The van der Waals surface area contributed by atoms with Crippen molar-refractivity contribution in [3.05, 3.63) is 12.2 Å². The van der Waals surface area contributed by atoms with Crippen LogP contribution in [0.1, 0.15) is 13.8 Å². The molecule has 0 unspecified atom stereocenters. The quantitative estimate of drug-likeness (QED) is 0.357. The molecule has 0 aliphatic carbocycles. The zero-order valence-corrected chi connectivity index (χ0v) is 7.40. The predicted octanol–water partition coefficient (Wildman–Crippen LogP) is 0.195. The summed E-state index contributed by atoms with van der Waals surface area (Å²) in [6.07, 6.45) is 2.30. The fourth-order valence-corrected chi connectivity index (χ4v) is 0.485. The Labute approximate surface area is 75.3 Å². The van der Waals surface area contributed by atoms with Crippen LogP contribution in [0.4, 0.5) is 0 Å². The summed E-state index contributed by atoms with van der Waals surface area (Å²) in [4.78, 5) is 31.1. The second-order valence-corrected chi connectivity index (χ2v) is 2.12. The van der Waals surface area contributed by atoms with Crippen molar-refractivity contribution < 1.29 is 23.9 Å². The van der Waals surface area contributed by atoms with Crippen LogP contribution in [0.15, 0.2) is 12.2 Å². The molecule has 0 rings (SSSR count). The second-order valence-electron chi connectivity index (χ2n) is 2.12. The van der Waals surface area contributed by atoms with Gasteiger partial charge in [0.1, 0.15) is 6.61 Å². The number of carbonyl (C=O) groups is 3. The molecule has 0 heterocycles. The van der Waals surface area contributed by atoms with E-state index in [1.807, 2.05) is 0 Å².